The van der Waals surface area contributed by atoms with Crippen molar-refractivity contribution in [2.75, 3.05) is 14.1 Å². The fourth-order valence-corrected chi connectivity index (χ4v) is 1.60. The monoisotopic (exact) mass is 250 g/mol. The molecule has 1 N–H and O–H groups in total. The Morgan fingerprint density at radius 1 is 1.44 bits per heavy atom. The van der Waals surface area contributed by atoms with E-state index in [9.17, 15) is 19.7 Å². The zero-order chi connectivity index (χ0) is 13.4. The SMILES string of the molecule is CN(C)C(=O)n1c(=O)[nH]c2cc([N+](=O)[O-])ccc21. The molecule has 8 nitrogen and oxygen atoms in total. The van der Waals surface area contributed by atoms with Crippen LogP contribution in [-0.4, -0.2) is 39.5 Å². The number of nitro groups is 1. The summed E-state index contributed by atoms with van der Waals surface area (Å²) in [5, 5.41) is 10.6. The Hall–Kier alpha value is -2.64. The zero-order valence-corrected chi connectivity index (χ0v) is 9.71. The second kappa shape index (κ2) is 3.99. The van der Waals surface area contributed by atoms with Crippen molar-refractivity contribution < 1.29 is 9.72 Å². The minimum atomic E-state index is -0.621. The third-order valence-corrected chi connectivity index (χ3v) is 2.45. The second-order valence-electron chi connectivity index (χ2n) is 3.90. The summed E-state index contributed by atoms with van der Waals surface area (Å²) in [5.41, 5.74) is -0.203. The molecule has 2 rings (SSSR count). The highest BCUT2D eigenvalue weighted by atomic mass is 16.6. The van der Waals surface area contributed by atoms with Crippen molar-refractivity contribution in [2.24, 2.45) is 0 Å². The van der Waals surface area contributed by atoms with Crippen LogP contribution in [0, 0.1) is 10.1 Å². The van der Waals surface area contributed by atoms with E-state index >= 15 is 0 Å². The molecule has 0 bridgehead atoms. The molecule has 1 aromatic carbocycles. The third-order valence-electron chi connectivity index (χ3n) is 2.45. The molecule has 0 fully saturated rings. The Morgan fingerprint density at radius 2 is 2.11 bits per heavy atom. The Morgan fingerprint density at radius 3 is 2.67 bits per heavy atom. The summed E-state index contributed by atoms with van der Waals surface area (Å²) in [7, 11) is 3.03. The summed E-state index contributed by atoms with van der Waals surface area (Å²) in [6.07, 6.45) is 0. The van der Waals surface area contributed by atoms with Gasteiger partial charge in [0.15, 0.2) is 0 Å². The number of non-ortho nitro benzene ring substituents is 1. The molecule has 1 amide bonds. The zero-order valence-electron chi connectivity index (χ0n) is 9.71. The molecule has 0 spiro atoms. The molecule has 0 saturated carbocycles. The predicted octanol–water partition coefficient (Wildman–Crippen LogP) is 0.767. The van der Waals surface area contributed by atoms with Gasteiger partial charge in [0.25, 0.3) is 5.69 Å². The molecular weight excluding hydrogens is 240 g/mol. The summed E-state index contributed by atoms with van der Waals surface area (Å²) in [6, 6.07) is 3.32. The molecule has 94 valence electrons. The van der Waals surface area contributed by atoms with Crippen LogP contribution in [0.4, 0.5) is 10.5 Å². The summed E-state index contributed by atoms with van der Waals surface area (Å²) in [5.74, 6) is 0. The number of hydrogen-bond donors (Lipinski definition) is 1. The van der Waals surface area contributed by atoms with Gasteiger partial charge < -0.3 is 9.88 Å². The maximum absolute atomic E-state index is 11.8. The quantitative estimate of drug-likeness (QED) is 0.596. The Labute approximate surface area is 101 Å². The lowest BCUT2D eigenvalue weighted by Crippen LogP contribution is -2.33. The minimum absolute atomic E-state index is 0.145. The molecule has 1 heterocycles. The van der Waals surface area contributed by atoms with Crippen LogP contribution in [0.25, 0.3) is 11.0 Å². The number of aromatic nitrogens is 2. The van der Waals surface area contributed by atoms with Crippen molar-refractivity contribution >= 4 is 22.8 Å². The van der Waals surface area contributed by atoms with Gasteiger partial charge in [0.1, 0.15) is 0 Å². The van der Waals surface area contributed by atoms with Crippen LogP contribution in [0.1, 0.15) is 0 Å². The number of nitrogens with zero attached hydrogens (tertiary/aromatic N) is 3. The number of fused-ring (bicyclic) bond motifs is 1. The smallest absolute Gasteiger partial charge is 0.330 e. The van der Waals surface area contributed by atoms with Gasteiger partial charge in [-0.15, -0.1) is 0 Å². The van der Waals surface area contributed by atoms with E-state index in [1.54, 1.807) is 0 Å². The minimum Gasteiger partial charge on any atom is -0.330 e. The topological polar surface area (TPSA) is 101 Å². The van der Waals surface area contributed by atoms with E-state index in [1.165, 1.54) is 37.2 Å². The number of carbonyl (C=O) groups excluding carboxylic acids is 1. The van der Waals surface area contributed by atoms with E-state index in [1.807, 2.05) is 0 Å². The van der Waals surface area contributed by atoms with Crippen LogP contribution >= 0.6 is 0 Å². The van der Waals surface area contributed by atoms with E-state index in [0.717, 1.165) is 4.57 Å². The van der Waals surface area contributed by atoms with Crippen LogP contribution in [0.2, 0.25) is 0 Å². The molecule has 0 aliphatic rings. The molecule has 0 radical (unpaired) electrons. The van der Waals surface area contributed by atoms with Gasteiger partial charge in [-0.25, -0.2) is 14.2 Å². The summed E-state index contributed by atoms with van der Waals surface area (Å²) in [4.78, 5) is 37.2. The summed E-state index contributed by atoms with van der Waals surface area (Å²) in [6.45, 7) is 0. The predicted molar refractivity (Wildman–Crippen MR) is 63.7 cm³/mol. The van der Waals surface area contributed by atoms with Crippen molar-refractivity contribution in [2.45, 2.75) is 0 Å². The average molecular weight is 250 g/mol. The fraction of sp³-hybridized carbons (Fsp3) is 0.200. The van der Waals surface area contributed by atoms with Gasteiger partial charge in [0, 0.05) is 26.2 Å². The highest BCUT2D eigenvalue weighted by Crippen LogP contribution is 2.18. The van der Waals surface area contributed by atoms with E-state index in [2.05, 4.69) is 4.98 Å². The fourth-order valence-electron chi connectivity index (χ4n) is 1.60. The number of hydrogen-bond acceptors (Lipinski definition) is 4. The van der Waals surface area contributed by atoms with Crippen molar-refractivity contribution in [3.05, 3.63) is 38.8 Å². The number of rotatable bonds is 1. The van der Waals surface area contributed by atoms with Gasteiger partial charge in [-0.1, -0.05) is 0 Å². The largest absolute Gasteiger partial charge is 0.334 e. The number of aromatic amines is 1. The first-order chi connectivity index (χ1) is 8.41. The maximum Gasteiger partial charge on any atom is 0.334 e. The number of H-pyrrole nitrogens is 1. The van der Waals surface area contributed by atoms with Crippen LogP contribution < -0.4 is 5.69 Å². The number of nitrogens with one attached hydrogen (secondary N) is 1. The molecule has 18 heavy (non-hydrogen) atoms. The van der Waals surface area contributed by atoms with E-state index in [-0.39, 0.29) is 11.2 Å². The Bertz CT molecular complexity index is 697. The van der Waals surface area contributed by atoms with Crippen LogP contribution in [0.5, 0.6) is 0 Å². The molecule has 0 aliphatic heterocycles. The van der Waals surface area contributed by atoms with Gasteiger partial charge in [-0.2, -0.15) is 0 Å². The first kappa shape index (κ1) is 11.8. The van der Waals surface area contributed by atoms with Gasteiger partial charge in [0.05, 0.1) is 16.0 Å². The Kier molecular flexibility index (Phi) is 2.62. The number of carbonyl (C=O) groups is 1. The van der Waals surface area contributed by atoms with E-state index < -0.39 is 16.6 Å². The van der Waals surface area contributed by atoms with Crippen molar-refractivity contribution in [1.29, 1.82) is 0 Å². The van der Waals surface area contributed by atoms with Crippen molar-refractivity contribution in [1.82, 2.24) is 14.5 Å². The number of benzene rings is 1. The van der Waals surface area contributed by atoms with Crippen LogP contribution in [-0.2, 0) is 0 Å². The van der Waals surface area contributed by atoms with Gasteiger partial charge in [0.2, 0.25) is 0 Å². The van der Waals surface area contributed by atoms with Gasteiger partial charge >= 0.3 is 11.7 Å². The standard InChI is InChI=1S/C10H10N4O4/c1-12(2)10(16)13-8-4-3-6(14(17)18)5-7(8)11-9(13)15/h3-5H,1-2H3,(H,11,15). The highest BCUT2D eigenvalue weighted by Gasteiger charge is 2.17. The molecule has 0 unspecified atom stereocenters. The first-order valence-electron chi connectivity index (χ1n) is 5.02. The van der Waals surface area contributed by atoms with Crippen molar-refractivity contribution in [3.8, 4) is 0 Å². The van der Waals surface area contributed by atoms with Gasteiger partial charge in [-0.3, -0.25) is 10.1 Å². The molecular formula is C10H10N4O4. The summed E-state index contributed by atoms with van der Waals surface area (Å²) >= 11 is 0. The molecule has 2 aromatic rings. The molecule has 8 heteroatoms. The molecule has 0 saturated heterocycles. The lowest BCUT2D eigenvalue weighted by molar-refractivity contribution is -0.384. The second-order valence-corrected chi connectivity index (χ2v) is 3.90. The molecule has 0 aliphatic carbocycles. The normalized spacial score (nSPS) is 10.6. The van der Waals surface area contributed by atoms with E-state index in [4.69, 9.17) is 0 Å². The molecule has 0 atom stereocenters. The summed E-state index contributed by atoms with van der Waals surface area (Å²) < 4.78 is 0.930. The third kappa shape index (κ3) is 1.73. The lowest BCUT2D eigenvalue weighted by Gasteiger charge is -2.09. The highest BCUT2D eigenvalue weighted by molar-refractivity contribution is 5.89. The number of imidazole rings is 1. The molecule has 1 aromatic heterocycles. The number of nitro benzene ring substituents is 1. The van der Waals surface area contributed by atoms with Crippen LogP contribution in [0.15, 0.2) is 23.0 Å². The van der Waals surface area contributed by atoms with E-state index in [0.29, 0.717) is 5.52 Å². The lowest BCUT2D eigenvalue weighted by atomic mass is 10.3. The average Bonchev–Trinajstić information content (AvgIpc) is 2.62. The number of amides is 1. The van der Waals surface area contributed by atoms with Crippen molar-refractivity contribution in [3.63, 3.8) is 0 Å². The van der Waals surface area contributed by atoms with Gasteiger partial charge in [-0.05, 0) is 6.07 Å². The Balaban J connectivity index is 2.70. The van der Waals surface area contributed by atoms with Crippen LogP contribution in [0.3, 0.4) is 0 Å². The first-order valence-corrected chi connectivity index (χ1v) is 5.02. The maximum atomic E-state index is 11.8.